The number of hydrogen-bond donors (Lipinski definition) is 0. The molecule has 0 atom stereocenters. The molecule has 1 aromatic heterocycles. The van der Waals surface area contributed by atoms with Crippen molar-refractivity contribution in [1.29, 1.82) is 0 Å². The lowest BCUT2D eigenvalue weighted by Gasteiger charge is -2.20. The van der Waals surface area contributed by atoms with E-state index in [-0.39, 0.29) is 0 Å². The van der Waals surface area contributed by atoms with Gasteiger partial charge in [0.2, 0.25) is 0 Å². The van der Waals surface area contributed by atoms with Gasteiger partial charge in [-0.3, -0.25) is 4.90 Å². The number of halogens is 1. The fraction of sp³-hybridized carbons (Fsp3) is 0.636. The predicted octanol–water partition coefficient (Wildman–Crippen LogP) is 2.48. The molecule has 2 nitrogen and oxygen atoms in total. The van der Waals surface area contributed by atoms with Crippen LogP contribution >= 0.6 is 22.9 Å². The van der Waals surface area contributed by atoms with Crippen molar-refractivity contribution < 1.29 is 4.74 Å². The summed E-state index contributed by atoms with van der Waals surface area (Å²) in [7, 11) is 1.73. The Balaban J connectivity index is 2.24. The maximum atomic E-state index is 5.76. The summed E-state index contributed by atoms with van der Waals surface area (Å²) in [6.45, 7) is 3.75. The first-order valence-corrected chi connectivity index (χ1v) is 6.58. The van der Waals surface area contributed by atoms with Gasteiger partial charge in [0.15, 0.2) is 0 Å². The van der Waals surface area contributed by atoms with E-state index >= 15 is 0 Å². The normalized spacial score (nSPS) is 11.1. The molecular weight excluding hydrogens is 230 g/mol. The molecule has 0 fully saturated rings. The highest BCUT2D eigenvalue weighted by molar-refractivity contribution is 7.09. The van der Waals surface area contributed by atoms with E-state index in [1.807, 2.05) is 11.3 Å². The van der Waals surface area contributed by atoms with Gasteiger partial charge in [0.05, 0.1) is 6.61 Å². The van der Waals surface area contributed by atoms with Crippen molar-refractivity contribution in [3.63, 3.8) is 0 Å². The molecular formula is C11H18ClNOS. The van der Waals surface area contributed by atoms with Crippen molar-refractivity contribution >= 4 is 22.9 Å². The van der Waals surface area contributed by atoms with Crippen LogP contribution in [-0.4, -0.2) is 44.1 Å². The molecule has 86 valence electrons. The Bertz CT molecular complexity index is 241. The molecule has 4 heteroatoms. The average molecular weight is 248 g/mol. The first-order valence-electron chi connectivity index (χ1n) is 5.16. The number of rotatable bonds is 8. The Labute approximate surface area is 101 Å². The molecule has 1 rings (SSSR count). The molecule has 0 saturated heterocycles. The molecule has 0 aliphatic carbocycles. The van der Waals surface area contributed by atoms with Crippen LogP contribution in [0.1, 0.15) is 4.88 Å². The third kappa shape index (κ3) is 5.52. The zero-order valence-corrected chi connectivity index (χ0v) is 10.7. The van der Waals surface area contributed by atoms with Gasteiger partial charge in [-0.15, -0.1) is 22.9 Å². The van der Waals surface area contributed by atoms with Gasteiger partial charge in [0.25, 0.3) is 0 Å². The van der Waals surface area contributed by atoms with E-state index < -0.39 is 0 Å². The summed E-state index contributed by atoms with van der Waals surface area (Å²) in [4.78, 5) is 3.78. The van der Waals surface area contributed by atoms with Gasteiger partial charge < -0.3 is 4.74 Å². The van der Waals surface area contributed by atoms with Gasteiger partial charge in [0.1, 0.15) is 0 Å². The number of methoxy groups -OCH3 is 1. The molecule has 0 aromatic carbocycles. The van der Waals surface area contributed by atoms with E-state index in [9.17, 15) is 0 Å². The number of alkyl halides is 1. The Morgan fingerprint density at radius 3 is 2.87 bits per heavy atom. The van der Waals surface area contributed by atoms with Crippen molar-refractivity contribution in [3.05, 3.63) is 22.4 Å². The molecule has 0 bridgehead atoms. The number of ether oxygens (including phenoxy) is 1. The molecule has 0 saturated carbocycles. The highest BCUT2D eigenvalue weighted by Crippen LogP contribution is 2.09. The van der Waals surface area contributed by atoms with Gasteiger partial charge in [0, 0.05) is 37.5 Å². The minimum Gasteiger partial charge on any atom is -0.383 e. The number of nitrogens with zero attached hydrogens (tertiary/aromatic N) is 1. The largest absolute Gasteiger partial charge is 0.383 e. The monoisotopic (exact) mass is 247 g/mol. The Kier molecular flexibility index (Phi) is 7.01. The maximum absolute atomic E-state index is 5.76. The quantitative estimate of drug-likeness (QED) is 0.655. The van der Waals surface area contributed by atoms with Gasteiger partial charge in [-0.25, -0.2) is 0 Å². The van der Waals surface area contributed by atoms with Crippen LogP contribution in [0.5, 0.6) is 0 Å². The van der Waals surface area contributed by atoms with E-state index in [0.717, 1.165) is 32.7 Å². The van der Waals surface area contributed by atoms with Crippen LogP contribution in [0.25, 0.3) is 0 Å². The number of hydrogen-bond acceptors (Lipinski definition) is 3. The molecule has 0 N–H and O–H groups in total. The molecule has 0 radical (unpaired) electrons. The number of thiophene rings is 1. The second-order valence-electron chi connectivity index (χ2n) is 3.35. The first kappa shape index (κ1) is 13.0. The average Bonchev–Trinajstić information content (AvgIpc) is 2.75. The van der Waals surface area contributed by atoms with Crippen molar-refractivity contribution in [2.24, 2.45) is 0 Å². The predicted molar refractivity (Wildman–Crippen MR) is 67.1 cm³/mol. The Morgan fingerprint density at radius 2 is 2.27 bits per heavy atom. The molecule has 0 aliphatic rings. The maximum Gasteiger partial charge on any atom is 0.0589 e. The SMILES string of the molecule is COCCN(CCCl)CCc1cccs1. The summed E-state index contributed by atoms with van der Waals surface area (Å²) in [5.41, 5.74) is 0. The van der Waals surface area contributed by atoms with Crippen LogP contribution in [0.4, 0.5) is 0 Å². The summed E-state index contributed by atoms with van der Waals surface area (Å²) < 4.78 is 5.07. The Morgan fingerprint density at radius 1 is 1.40 bits per heavy atom. The minimum atomic E-state index is 0.689. The van der Waals surface area contributed by atoms with Crippen LogP contribution in [-0.2, 0) is 11.2 Å². The molecule has 15 heavy (non-hydrogen) atoms. The van der Waals surface area contributed by atoms with Gasteiger partial charge in [-0.05, 0) is 17.9 Å². The summed E-state index contributed by atoms with van der Waals surface area (Å²) in [6.07, 6.45) is 1.11. The van der Waals surface area contributed by atoms with Crippen LogP contribution in [0.15, 0.2) is 17.5 Å². The van der Waals surface area contributed by atoms with E-state index in [0.29, 0.717) is 5.88 Å². The molecule has 1 heterocycles. The summed E-state index contributed by atoms with van der Waals surface area (Å²) in [6, 6.07) is 4.28. The smallest absolute Gasteiger partial charge is 0.0589 e. The van der Waals surface area contributed by atoms with Gasteiger partial charge in [-0.1, -0.05) is 6.07 Å². The third-order valence-corrected chi connectivity index (χ3v) is 3.37. The minimum absolute atomic E-state index is 0.689. The summed E-state index contributed by atoms with van der Waals surface area (Å²) in [5, 5.41) is 2.12. The van der Waals surface area contributed by atoms with E-state index in [2.05, 4.69) is 22.4 Å². The second kappa shape index (κ2) is 8.11. The lowest BCUT2D eigenvalue weighted by Crippen LogP contribution is -2.31. The van der Waals surface area contributed by atoms with Crippen molar-refractivity contribution in [2.75, 3.05) is 39.2 Å². The van der Waals surface area contributed by atoms with Crippen LogP contribution in [0.3, 0.4) is 0 Å². The molecule has 0 unspecified atom stereocenters. The van der Waals surface area contributed by atoms with Crippen LogP contribution < -0.4 is 0 Å². The topological polar surface area (TPSA) is 12.5 Å². The fourth-order valence-electron chi connectivity index (χ4n) is 1.40. The highest BCUT2D eigenvalue weighted by Gasteiger charge is 2.04. The Hall–Kier alpha value is -0.0900. The lowest BCUT2D eigenvalue weighted by molar-refractivity contribution is 0.152. The van der Waals surface area contributed by atoms with Crippen molar-refractivity contribution in [3.8, 4) is 0 Å². The molecule has 0 amide bonds. The standard InChI is InChI=1S/C11H18ClNOS/c1-14-9-8-13(7-5-12)6-4-11-3-2-10-15-11/h2-3,10H,4-9H2,1H3. The molecule has 0 aliphatic heterocycles. The van der Waals surface area contributed by atoms with Crippen molar-refractivity contribution in [1.82, 2.24) is 4.90 Å². The second-order valence-corrected chi connectivity index (χ2v) is 4.76. The van der Waals surface area contributed by atoms with Gasteiger partial charge in [-0.2, -0.15) is 0 Å². The van der Waals surface area contributed by atoms with Gasteiger partial charge >= 0.3 is 0 Å². The molecule has 1 aromatic rings. The van der Waals surface area contributed by atoms with E-state index in [1.54, 1.807) is 7.11 Å². The molecule has 0 spiro atoms. The highest BCUT2D eigenvalue weighted by atomic mass is 35.5. The van der Waals surface area contributed by atoms with E-state index in [1.165, 1.54) is 4.88 Å². The zero-order valence-electron chi connectivity index (χ0n) is 9.12. The van der Waals surface area contributed by atoms with E-state index in [4.69, 9.17) is 16.3 Å². The zero-order chi connectivity index (χ0) is 10.9. The van der Waals surface area contributed by atoms with Crippen LogP contribution in [0.2, 0.25) is 0 Å². The van der Waals surface area contributed by atoms with Crippen molar-refractivity contribution in [2.45, 2.75) is 6.42 Å². The van der Waals surface area contributed by atoms with Crippen LogP contribution in [0, 0.1) is 0 Å². The fourth-order valence-corrected chi connectivity index (χ4v) is 2.34. The lowest BCUT2D eigenvalue weighted by atomic mass is 10.3. The third-order valence-electron chi connectivity index (χ3n) is 2.27. The summed E-state index contributed by atoms with van der Waals surface area (Å²) in [5.74, 6) is 0.689. The first-order chi connectivity index (χ1) is 7.36. The summed E-state index contributed by atoms with van der Waals surface area (Å²) >= 11 is 7.57.